The van der Waals surface area contributed by atoms with Crippen molar-refractivity contribution < 1.29 is 26.6 Å². The molecule has 0 radical (unpaired) electrons. The summed E-state index contributed by atoms with van der Waals surface area (Å²) < 4.78 is 16.4. The largest absolute Gasteiger partial charge is 1.00 e. The molecule has 0 atom stereocenters. The topological polar surface area (TPSA) is 55.8 Å². The second kappa shape index (κ2) is 9.91. The Labute approximate surface area is 152 Å². The first-order valence-electron chi connectivity index (χ1n) is 7.32. The lowest BCUT2D eigenvalue weighted by atomic mass is 10.3. The van der Waals surface area contributed by atoms with Crippen molar-refractivity contribution in [3.8, 4) is 17.2 Å². The lowest BCUT2D eigenvalue weighted by Crippen LogP contribution is -3.00. The summed E-state index contributed by atoms with van der Waals surface area (Å²) >= 11 is 1.55. The molecule has 2 aromatic rings. The van der Waals surface area contributed by atoms with Gasteiger partial charge in [-0.3, -0.25) is 0 Å². The number of hydrogen-bond donors (Lipinski definition) is 0. The van der Waals surface area contributed by atoms with E-state index in [1.54, 1.807) is 24.9 Å². The van der Waals surface area contributed by atoms with Crippen molar-refractivity contribution in [2.24, 2.45) is 0 Å². The molecule has 0 heterocycles. The van der Waals surface area contributed by atoms with E-state index in [1.807, 2.05) is 44.2 Å². The molecule has 0 aliphatic rings. The molecule has 0 fully saturated rings. The van der Waals surface area contributed by atoms with Crippen LogP contribution in [0, 0.1) is 5.39 Å². The van der Waals surface area contributed by atoms with E-state index in [4.69, 9.17) is 19.6 Å². The fourth-order valence-electron chi connectivity index (χ4n) is 2.00. The first kappa shape index (κ1) is 19.9. The lowest BCUT2D eigenvalue weighted by molar-refractivity contribution is -0.00000632. The second-order valence-electron chi connectivity index (χ2n) is 4.51. The Balaban J connectivity index is 0.00000288. The predicted octanol–water partition coefficient (Wildman–Crippen LogP) is 2.13. The van der Waals surface area contributed by atoms with Crippen LogP contribution in [0.25, 0.3) is 4.98 Å². The van der Waals surface area contributed by atoms with Gasteiger partial charge in [-0.1, -0.05) is 11.8 Å². The van der Waals surface area contributed by atoms with Gasteiger partial charge in [0.2, 0.25) is 11.1 Å². The zero-order valence-electron chi connectivity index (χ0n) is 13.8. The van der Waals surface area contributed by atoms with Crippen LogP contribution in [0.4, 0.5) is 5.69 Å². The number of benzene rings is 2. The Kier molecular flexibility index (Phi) is 8.24. The standard InChI is InChI=1S/C17H19N2O3S.ClH/c1-4-21-15-11-17(16(22-5-2)10-14(15)19-18)23-13-8-6-12(20-3)7-9-13;/h6-11H,4-5H2,1-3H3;1H/q+1;/p-1. The molecule has 24 heavy (non-hydrogen) atoms. The van der Waals surface area contributed by atoms with Crippen molar-refractivity contribution >= 4 is 17.4 Å². The Morgan fingerprint density at radius 1 is 1.00 bits per heavy atom. The molecule has 0 saturated heterocycles. The van der Waals surface area contributed by atoms with Crippen molar-refractivity contribution in [3.05, 3.63) is 41.4 Å². The van der Waals surface area contributed by atoms with Crippen molar-refractivity contribution in [3.63, 3.8) is 0 Å². The minimum Gasteiger partial charge on any atom is -1.00 e. The molecule has 2 aromatic carbocycles. The Morgan fingerprint density at radius 3 is 2.17 bits per heavy atom. The van der Waals surface area contributed by atoms with Crippen LogP contribution in [-0.4, -0.2) is 20.3 Å². The third-order valence-corrected chi connectivity index (χ3v) is 4.07. The van der Waals surface area contributed by atoms with E-state index < -0.39 is 0 Å². The molecule has 0 bridgehead atoms. The summed E-state index contributed by atoms with van der Waals surface area (Å²) in [5.74, 6) is 1.99. The van der Waals surface area contributed by atoms with Gasteiger partial charge in [0.25, 0.3) is 0 Å². The molecule has 0 saturated carbocycles. The van der Waals surface area contributed by atoms with Crippen LogP contribution in [0.2, 0.25) is 0 Å². The molecule has 128 valence electrons. The van der Waals surface area contributed by atoms with Crippen molar-refractivity contribution in [1.82, 2.24) is 0 Å². The maximum Gasteiger partial charge on any atom is 0.430 e. The molecule has 0 aliphatic heterocycles. The average Bonchev–Trinajstić information content (AvgIpc) is 2.58. The van der Waals surface area contributed by atoms with E-state index in [0.717, 1.165) is 15.5 Å². The van der Waals surface area contributed by atoms with Crippen molar-refractivity contribution in [1.29, 1.82) is 5.39 Å². The quantitative estimate of drug-likeness (QED) is 0.703. The molecule has 2 rings (SSSR count). The predicted molar refractivity (Wildman–Crippen MR) is 90.6 cm³/mol. The van der Waals surface area contributed by atoms with Crippen LogP contribution in [0.1, 0.15) is 13.8 Å². The summed E-state index contributed by atoms with van der Waals surface area (Å²) in [6.07, 6.45) is 0. The molecule has 0 spiro atoms. The van der Waals surface area contributed by atoms with Crippen molar-refractivity contribution in [2.75, 3.05) is 20.3 Å². The number of nitrogens with zero attached hydrogens (tertiary/aromatic N) is 2. The van der Waals surface area contributed by atoms with Gasteiger partial charge in [0.05, 0.1) is 31.3 Å². The summed E-state index contributed by atoms with van der Waals surface area (Å²) in [7, 11) is 1.64. The van der Waals surface area contributed by atoms with Crippen LogP contribution >= 0.6 is 11.8 Å². The van der Waals surface area contributed by atoms with E-state index in [9.17, 15) is 0 Å². The monoisotopic (exact) mass is 366 g/mol. The highest BCUT2D eigenvalue weighted by molar-refractivity contribution is 7.99. The van der Waals surface area contributed by atoms with E-state index in [-0.39, 0.29) is 12.4 Å². The Bertz CT molecular complexity index is 702. The lowest BCUT2D eigenvalue weighted by Gasteiger charge is -2.11. The Morgan fingerprint density at radius 2 is 1.62 bits per heavy atom. The highest BCUT2D eigenvalue weighted by atomic mass is 35.5. The van der Waals surface area contributed by atoms with Crippen LogP contribution in [-0.2, 0) is 0 Å². The average molecular weight is 367 g/mol. The number of rotatable bonds is 7. The maximum absolute atomic E-state index is 9.14. The zero-order valence-corrected chi connectivity index (χ0v) is 15.4. The smallest absolute Gasteiger partial charge is 0.430 e. The molecular formula is C17H19ClN2O3S. The summed E-state index contributed by atoms with van der Waals surface area (Å²) in [6, 6.07) is 11.3. The highest BCUT2D eigenvalue weighted by Gasteiger charge is 2.21. The van der Waals surface area contributed by atoms with E-state index in [0.29, 0.717) is 30.4 Å². The highest BCUT2D eigenvalue weighted by Crippen LogP contribution is 2.42. The minimum atomic E-state index is 0. The summed E-state index contributed by atoms with van der Waals surface area (Å²) in [4.78, 5) is 5.21. The van der Waals surface area contributed by atoms with Gasteiger partial charge in [-0.05, 0) is 38.1 Å². The van der Waals surface area contributed by atoms with E-state index in [1.165, 1.54) is 0 Å². The first-order chi connectivity index (χ1) is 11.2. The molecule has 0 amide bonds. The fraction of sp³-hybridized carbons (Fsp3) is 0.294. The molecule has 0 aliphatic carbocycles. The normalized spacial score (nSPS) is 9.58. The maximum atomic E-state index is 9.14. The van der Waals surface area contributed by atoms with Gasteiger partial charge >= 0.3 is 5.69 Å². The molecule has 0 unspecified atom stereocenters. The third kappa shape index (κ3) is 4.95. The van der Waals surface area contributed by atoms with Crippen molar-refractivity contribution in [2.45, 2.75) is 23.6 Å². The van der Waals surface area contributed by atoms with E-state index in [2.05, 4.69) is 4.98 Å². The second-order valence-corrected chi connectivity index (χ2v) is 5.63. The van der Waals surface area contributed by atoms with Gasteiger partial charge in [-0.2, -0.15) is 0 Å². The molecular weight excluding hydrogens is 348 g/mol. The van der Waals surface area contributed by atoms with Crippen LogP contribution in [0.3, 0.4) is 0 Å². The van der Waals surface area contributed by atoms with Crippen LogP contribution in [0.5, 0.6) is 17.2 Å². The minimum absolute atomic E-state index is 0. The van der Waals surface area contributed by atoms with Crippen LogP contribution < -0.4 is 26.6 Å². The molecule has 0 aromatic heterocycles. The number of methoxy groups -OCH3 is 1. The Hall–Kier alpha value is -2.10. The van der Waals surface area contributed by atoms with Gasteiger partial charge in [0, 0.05) is 11.0 Å². The van der Waals surface area contributed by atoms with Gasteiger partial charge in [-0.25, -0.2) is 0 Å². The molecule has 5 nitrogen and oxygen atoms in total. The number of hydrogen-bond acceptors (Lipinski definition) is 5. The third-order valence-electron chi connectivity index (χ3n) is 3.02. The van der Waals surface area contributed by atoms with Gasteiger partial charge < -0.3 is 26.6 Å². The fourth-order valence-corrected chi connectivity index (χ4v) is 2.91. The SMILES string of the molecule is CCOc1cc(Sc2ccc(OC)cc2)c(OCC)cc1[N+]#N.[Cl-]. The van der Waals surface area contributed by atoms with Crippen LogP contribution in [0.15, 0.2) is 46.2 Å². The van der Waals surface area contributed by atoms with Gasteiger partial charge in [-0.15, -0.1) is 0 Å². The van der Waals surface area contributed by atoms with Gasteiger partial charge in [0.15, 0.2) is 4.98 Å². The summed E-state index contributed by atoms with van der Waals surface area (Å²) in [5.41, 5.74) is 0.356. The summed E-state index contributed by atoms with van der Waals surface area (Å²) in [6.45, 7) is 4.81. The first-order valence-corrected chi connectivity index (χ1v) is 8.14. The zero-order chi connectivity index (χ0) is 16.7. The molecule has 0 N–H and O–H groups in total. The van der Waals surface area contributed by atoms with E-state index >= 15 is 0 Å². The number of diazo groups is 1. The summed E-state index contributed by atoms with van der Waals surface area (Å²) in [5, 5.41) is 9.14. The number of ether oxygens (including phenoxy) is 3. The number of halogens is 1. The molecule has 7 heteroatoms. The van der Waals surface area contributed by atoms with Gasteiger partial charge in [0.1, 0.15) is 11.5 Å².